The van der Waals surface area contributed by atoms with E-state index >= 15 is 0 Å². The van der Waals surface area contributed by atoms with E-state index in [-0.39, 0.29) is 0 Å². The lowest BCUT2D eigenvalue weighted by Gasteiger charge is -2.34. The Morgan fingerprint density at radius 2 is 2.00 bits per heavy atom. The van der Waals surface area contributed by atoms with Crippen LogP contribution in [0.15, 0.2) is 4.99 Å². The molecule has 2 rings (SSSR count). The molecule has 0 aliphatic heterocycles. The van der Waals surface area contributed by atoms with E-state index in [2.05, 4.69) is 10.3 Å². The van der Waals surface area contributed by atoms with E-state index in [1.807, 2.05) is 0 Å². The normalized spacial score (nSPS) is 32.7. The number of guanidine groups is 1. The van der Waals surface area contributed by atoms with Gasteiger partial charge in [0.15, 0.2) is 5.96 Å². The Morgan fingerprint density at radius 3 is 2.60 bits per heavy atom. The van der Waals surface area contributed by atoms with Crippen LogP contribution in [0.2, 0.25) is 0 Å². The predicted molar refractivity (Wildman–Crippen MR) is 60.8 cm³/mol. The van der Waals surface area contributed by atoms with Crippen LogP contribution < -0.4 is 11.1 Å². The number of ether oxygens (including phenoxy) is 1. The first-order chi connectivity index (χ1) is 7.28. The highest BCUT2D eigenvalue weighted by atomic mass is 16.5. The summed E-state index contributed by atoms with van der Waals surface area (Å²) in [6.07, 6.45) is 7.53. The first kappa shape index (κ1) is 10.7. The summed E-state index contributed by atoms with van der Waals surface area (Å²) in [7, 11) is 1.76. The van der Waals surface area contributed by atoms with E-state index in [1.165, 1.54) is 25.7 Å². The number of nitrogens with two attached hydrogens (primary N) is 1. The minimum Gasteiger partial charge on any atom is -0.381 e. The molecule has 4 heteroatoms. The Hall–Kier alpha value is -0.770. The number of rotatable bonds is 3. The zero-order chi connectivity index (χ0) is 10.7. The third-order valence-electron chi connectivity index (χ3n) is 3.43. The molecule has 0 aromatic heterocycles. The van der Waals surface area contributed by atoms with Crippen molar-refractivity contribution in [1.82, 2.24) is 5.32 Å². The summed E-state index contributed by atoms with van der Waals surface area (Å²) in [6.45, 7) is 0. The van der Waals surface area contributed by atoms with Crippen LogP contribution in [0, 0.1) is 0 Å². The van der Waals surface area contributed by atoms with Crippen LogP contribution in [0.1, 0.15) is 38.5 Å². The van der Waals surface area contributed by atoms with Crippen molar-refractivity contribution in [2.75, 3.05) is 7.11 Å². The standard InChI is InChI=1S/C11H21N3O/c1-15-10-6-9(7-10)14-11(12)13-8-4-2-3-5-8/h8-10H,2-7H2,1H3,(H3,12,13,14). The lowest BCUT2D eigenvalue weighted by molar-refractivity contribution is 0.0225. The van der Waals surface area contributed by atoms with Crippen molar-refractivity contribution in [3.8, 4) is 0 Å². The minimum atomic E-state index is 0.418. The van der Waals surface area contributed by atoms with E-state index in [4.69, 9.17) is 10.5 Å². The van der Waals surface area contributed by atoms with Gasteiger partial charge in [-0.25, -0.2) is 0 Å². The molecule has 15 heavy (non-hydrogen) atoms. The smallest absolute Gasteiger partial charge is 0.189 e. The van der Waals surface area contributed by atoms with Gasteiger partial charge in [0, 0.05) is 13.2 Å². The molecule has 0 bridgehead atoms. The van der Waals surface area contributed by atoms with Crippen molar-refractivity contribution < 1.29 is 4.74 Å². The second kappa shape index (κ2) is 4.84. The molecule has 0 aromatic rings. The van der Waals surface area contributed by atoms with Gasteiger partial charge >= 0.3 is 0 Å². The average Bonchev–Trinajstić information content (AvgIpc) is 2.63. The number of hydrogen-bond donors (Lipinski definition) is 2. The monoisotopic (exact) mass is 211 g/mol. The van der Waals surface area contributed by atoms with Crippen LogP contribution in [-0.4, -0.2) is 31.3 Å². The fraction of sp³-hybridized carbons (Fsp3) is 0.909. The molecule has 0 atom stereocenters. The van der Waals surface area contributed by atoms with Crippen molar-refractivity contribution in [3.05, 3.63) is 0 Å². The van der Waals surface area contributed by atoms with Crippen molar-refractivity contribution in [2.45, 2.75) is 56.7 Å². The van der Waals surface area contributed by atoms with Gasteiger partial charge in [0.05, 0.1) is 12.1 Å². The molecular formula is C11H21N3O. The maximum absolute atomic E-state index is 5.85. The molecule has 0 saturated heterocycles. The van der Waals surface area contributed by atoms with Gasteiger partial charge in [0.25, 0.3) is 0 Å². The van der Waals surface area contributed by atoms with Gasteiger partial charge in [-0.1, -0.05) is 12.8 Å². The third kappa shape index (κ3) is 2.84. The van der Waals surface area contributed by atoms with E-state index in [1.54, 1.807) is 7.11 Å². The van der Waals surface area contributed by atoms with E-state index in [0.29, 0.717) is 24.1 Å². The van der Waals surface area contributed by atoms with Gasteiger partial charge in [-0.15, -0.1) is 0 Å². The lowest BCUT2D eigenvalue weighted by Crippen LogP contribution is -2.50. The molecule has 0 amide bonds. The van der Waals surface area contributed by atoms with Crippen LogP contribution in [0.25, 0.3) is 0 Å². The molecule has 86 valence electrons. The largest absolute Gasteiger partial charge is 0.381 e. The number of aliphatic imine (C=N–C) groups is 1. The lowest BCUT2D eigenvalue weighted by atomic mass is 9.89. The summed E-state index contributed by atoms with van der Waals surface area (Å²) >= 11 is 0. The van der Waals surface area contributed by atoms with Gasteiger partial charge < -0.3 is 15.8 Å². The summed E-state index contributed by atoms with van der Waals surface area (Å²) < 4.78 is 5.21. The molecule has 0 unspecified atom stereocenters. The number of hydrogen-bond acceptors (Lipinski definition) is 2. The summed E-state index contributed by atoms with van der Waals surface area (Å²) in [5.41, 5.74) is 5.85. The SMILES string of the molecule is COC1CC(NC(N)=NC2CCCC2)C1. The topological polar surface area (TPSA) is 59.6 Å². The first-order valence-corrected chi connectivity index (χ1v) is 5.90. The molecule has 0 radical (unpaired) electrons. The summed E-state index contributed by atoms with van der Waals surface area (Å²) in [5, 5.41) is 3.26. The fourth-order valence-electron chi connectivity index (χ4n) is 2.35. The molecule has 0 heterocycles. The molecule has 2 saturated carbocycles. The van der Waals surface area contributed by atoms with E-state index < -0.39 is 0 Å². The van der Waals surface area contributed by atoms with Crippen molar-refractivity contribution >= 4 is 5.96 Å². The van der Waals surface area contributed by atoms with Gasteiger partial charge in [0.1, 0.15) is 0 Å². The van der Waals surface area contributed by atoms with Gasteiger partial charge in [-0.05, 0) is 25.7 Å². The number of methoxy groups -OCH3 is 1. The molecule has 2 aliphatic carbocycles. The van der Waals surface area contributed by atoms with Crippen LogP contribution in [0.4, 0.5) is 0 Å². The maximum Gasteiger partial charge on any atom is 0.189 e. The summed E-state index contributed by atoms with van der Waals surface area (Å²) in [5.74, 6) is 0.626. The molecular weight excluding hydrogens is 190 g/mol. The average molecular weight is 211 g/mol. The second-order valence-corrected chi connectivity index (χ2v) is 4.62. The van der Waals surface area contributed by atoms with Crippen LogP contribution >= 0.6 is 0 Å². The molecule has 2 fully saturated rings. The highest BCUT2D eigenvalue weighted by molar-refractivity contribution is 5.78. The van der Waals surface area contributed by atoms with E-state index in [9.17, 15) is 0 Å². The van der Waals surface area contributed by atoms with Crippen molar-refractivity contribution in [3.63, 3.8) is 0 Å². The minimum absolute atomic E-state index is 0.418. The molecule has 0 aromatic carbocycles. The molecule has 3 N–H and O–H groups in total. The van der Waals surface area contributed by atoms with Crippen LogP contribution in [-0.2, 0) is 4.74 Å². The Kier molecular flexibility index (Phi) is 3.46. The molecule has 2 aliphatic rings. The Balaban J connectivity index is 1.70. The van der Waals surface area contributed by atoms with Crippen LogP contribution in [0.3, 0.4) is 0 Å². The van der Waals surface area contributed by atoms with Gasteiger partial charge in [-0.3, -0.25) is 4.99 Å². The highest BCUT2D eigenvalue weighted by Crippen LogP contribution is 2.23. The summed E-state index contributed by atoms with van der Waals surface area (Å²) in [6, 6.07) is 0.941. The number of nitrogens with one attached hydrogen (secondary N) is 1. The number of nitrogens with zero attached hydrogens (tertiary/aromatic N) is 1. The van der Waals surface area contributed by atoms with E-state index in [0.717, 1.165) is 12.8 Å². The van der Waals surface area contributed by atoms with Gasteiger partial charge in [-0.2, -0.15) is 0 Å². The highest BCUT2D eigenvalue weighted by Gasteiger charge is 2.29. The quantitative estimate of drug-likeness (QED) is 0.541. The zero-order valence-corrected chi connectivity index (χ0v) is 9.41. The summed E-state index contributed by atoms with van der Waals surface area (Å²) in [4.78, 5) is 4.49. The van der Waals surface area contributed by atoms with Gasteiger partial charge in [0.2, 0.25) is 0 Å². The predicted octanol–water partition coefficient (Wildman–Crippen LogP) is 1.01. The zero-order valence-electron chi connectivity index (χ0n) is 9.41. The second-order valence-electron chi connectivity index (χ2n) is 4.62. The van der Waals surface area contributed by atoms with Crippen LogP contribution in [0.5, 0.6) is 0 Å². The third-order valence-corrected chi connectivity index (χ3v) is 3.43. The van der Waals surface area contributed by atoms with Crippen molar-refractivity contribution in [1.29, 1.82) is 0 Å². The molecule has 0 spiro atoms. The fourth-order valence-corrected chi connectivity index (χ4v) is 2.35. The Morgan fingerprint density at radius 1 is 1.33 bits per heavy atom. The Bertz CT molecular complexity index is 230. The maximum atomic E-state index is 5.85. The first-order valence-electron chi connectivity index (χ1n) is 5.90. The molecule has 4 nitrogen and oxygen atoms in total. The van der Waals surface area contributed by atoms with Crippen molar-refractivity contribution in [2.24, 2.45) is 10.7 Å². The Labute approximate surface area is 91.3 Å².